The molecule has 0 spiro atoms. The molecule has 0 radical (unpaired) electrons. The highest BCUT2D eigenvalue weighted by Gasteiger charge is 2.21. The van der Waals surface area contributed by atoms with Crippen molar-refractivity contribution in [3.63, 3.8) is 0 Å². The lowest BCUT2D eigenvalue weighted by molar-refractivity contribution is -0.119. The molecule has 1 aliphatic heterocycles. The SMILES string of the molecule is Cc1ccc(Cl)cc1.O=C1CCCCN1c1cc(-c2ccncc2)[nH]n1. The highest BCUT2D eigenvalue weighted by atomic mass is 35.5. The topological polar surface area (TPSA) is 61.9 Å². The Balaban J connectivity index is 0.000000206. The Morgan fingerprint density at radius 1 is 1.08 bits per heavy atom. The standard InChI is InChI=1S/C13H14N4O.C7H7Cl/c18-13-3-1-2-8-17(13)12-9-11(15-16-12)10-4-6-14-7-5-10;1-6-2-4-7(8)5-3-6/h4-7,9H,1-3,8H2,(H,15,16);2-5H,1H3. The number of nitrogens with one attached hydrogen (secondary N) is 1. The third kappa shape index (κ3) is 4.70. The number of aromatic amines is 1. The molecule has 6 heteroatoms. The van der Waals surface area contributed by atoms with Crippen molar-refractivity contribution in [1.82, 2.24) is 15.2 Å². The van der Waals surface area contributed by atoms with Gasteiger partial charge in [-0.1, -0.05) is 29.3 Å². The number of rotatable bonds is 2. The number of aromatic nitrogens is 3. The van der Waals surface area contributed by atoms with Gasteiger partial charge in [0.15, 0.2) is 5.82 Å². The maximum Gasteiger partial charge on any atom is 0.228 e. The first-order valence-corrected chi connectivity index (χ1v) is 8.99. The van der Waals surface area contributed by atoms with E-state index >= 15 is 0 Å². The van der Waals surface area contributed by atoms with Crippen molar-refractivity contribution >= 4 is 23.3 Å². The van der Waals surface area contributed by atoms with Gasteiger partial charge in [0.1, 0.15) is 0 Å². The molecule has 3 aromatic rings. The summed E-state index contributed by atoms with van der Waals surface area (Å²) in [6.07, 6.45) is 6.13. The van der Waals surface area contributed by atoms with Crippen molar-refractivity contribution in [2.24, 2.45) is 0 Å². The van der Waals surface area contributed by atoms with E-state index in [0.717, 1.165) is 35.7 Å². The van der Waals surface area contributed by atoms with Crippen LogP contribution in [0.5, 0.6) is 0 Å². The largest absolute Gasteiger partial charge is 0.295 e. The van der Waals surface area contributed by atoms with E-state index in [1.165, 1.54) is 5.56 Å². The second kappa shape index (κ2) is 8.63. The minimum atomic E-state index is 0.161. The van der Waals surface area contributed by atoms with Gasteiger partial charge >= 0.3 is 0 Å². The van der Waals surface area contributed by atoms with Crippen molar-refractivity contribution in [2.75, 3.05) is 11.4 Å². The molecule has 1 fully saturated rings. The van der Waals surface area contributed by atoms with Gasteiger partial charge in [0.25, 0.3) is 0 Å². The molecule has 0 atom stereocenters. The summed E-state index contributed by atoms with van der Waals surface area (Å²) in [5.41, 5.74) is 3.17. The van der Waals surface area contributed by atoms with Gasteiger partial charge in [-0.15, -0.1) is 0 Å². The lowest BCUT2D eigenvalue weighted by Gasteiger charge is -2.24. The van der Waals surface area contributed by atoms with Crippen molar-refractivity contribution in [2.45, 2.75) is 26.2 Å². The molecule has 3 heterocycles. The van der Waals surface area contributed by atoms with Crippen molar-refractivity contribution in [1.29, 1.82) is 0 Å². The molecule has 2 aromatic heterocycles. The van der Waals surface area contributed by atoms with E-state index in [9.17, 15) is 4.79 Å². The van der Waals surface area contributed by atoms with E-state index in [2.05, 4.69) is 15.2 Å². The molecule has 5 nitrogen and oxygen atoms in total. The molecule has 26 heavy (non-hydrogen) atoms. The highest BCUT2D eigenvalue weighted by molar-refractivity contribution is 6.30. The van der Waals surface area contributed by atoms with Crippen LogP contribution in [-0.4, -0.2) is 27.6 Å². The maximum absolute atomic E-state index is 11.8. The van der Waals surface area contributed by atoms with E-state index < -0.39 is 0 Å². The summed E-state index contributed by atoms with van der Waals surface area (Å²) in [4.78, 5) is 17.5. The molecule has 1 aromatic carbocycles. The van der Waals surface area contributed by atoms with E-state index in [0.29, 0.717) is 12.2 Å². The zero-order chi connectivity index (χ0) is 18.4. The Labute approximate surface area is 158 Å². The number of pyridine rings is 1. The van der Waals surface area contributed by atoms with Crippen molar-refractivity contribution < 1.29 is 4.79 Å². The number of carbonyl (C=O) groups excluding carboxylic acids is 1. The highest BCUT2D eigenvalue weighted by Crippen LogP contribution is 2.24. The molecule has 1 saturated heterocycles. The number of piperidine rings is 1. The van der Waals surface area contributed by atoms with Gasteiger partial charge in [-0.05, 0) is 44.0 Å². The minimum absolute atomic E-state index is 0.161. The predicted molar refractivity (Wildman–Crippen MR) is 104 cm³/mol. The lowest BCUT2D eigenvalue weighted by atomic mass is 10.1. The number of benzene rings is 1. The summed E-state index contributed by atoms with van der Waals surface area (Å²) >= 11 is 5.61. The van der Waals surface area contributed by atoms with Crippen LogP contribution in [0.3, 0.4) is 0 Å². The van der Waals surface area contributed by atoms with Crippen molar-refractivity contribution in [3.05, 3.63) is 65.4 Å². The Hall–Kier alpha value is -2.66. The number of hydrogen-bond donors (Lipinski definition) is 1. The maximum atomic E-state index is 11.8. The van der Waals surface area contributed by atoms with E-state index in [-0.39, 0.29) is 5.91 Å². The number of nitrogens with zero attached hydrogens (tertiary/aromatic N) is 3. The molecule has 0 unspecified atom stereocenters. The molecule has 4 rings (SSSR count). The number of amides is 1. The van der Waals surface area contributed by atoms with Gasteiger partial charge < -0.3 is 0 Å². The average Bonchev–Trinajstić information content (AvgIpc) is 3.16. The summed E-state index contributed by atoms with van der Waals surface area (Å²) in [5.74, 6) is 0.876. The molecule has 1 N–H and O–H groups in total. The smallest absolute Gasteiger partial charge is 0.228 e. The molecule has 1 aliphatic rings. The second-order valence-corrected chi connectivity index (χ2v) is 6.61. The van der Waals surface area contributed by atoms with Crippen LogP contribution in [0.2, 0.25) is 5.02 Å². The summed E-state index contributed by atoms with van der Waals surface area (Å²) in [5, 5.41) is 8.00. The molecule has 0 bridgehead atoms. The number of carbonyl (C=O) groups is 1. The van der Waals surface area contributed by atoms with Gasteiger partial charge in [0.05, 0.1) is 5.69 Å². The van der Waals surface area contributed by atoms with Gasteiger partial charge in [0.2, 0.25) is 5.91 Å². The summed E-state index contributed by atoms with van der Waals surface area (Å²) in [6, 6.07) is 13.5. The third-order valence-electron chi connectivity index (χ3n) is 4.17. The lowest BCUT2D eigenvalue weighted by Crippen LogP contribution is -2.35. The third-order valence-corrected chi connectivity index (χ3v) is 4.42. The normalized spacial score (nSPS) is 13.9. The van der Waals surface area contributed by atoms with Crippen LogP contribution >= 0.6 is 11.6 Å². The average molecular weight is 369 g/mol. The zero-order valence-corrected chi connectivity index (χ0v) is 15.4. The van der Waals surface area contributed by atoms with Crippen LogP contribution in [0.1, 0.15) is 24.8 Å². The second-order valence-electron chi connectivity index (χ2n) is 6.17. The Morgan fingerprint density at radius 2 is 1.81 bits per heavy atom. The summed E-state index contributed by atoms with van der Waals surface area (Å²) < 4.78 is 0. The van der Waals surface area contributed by atoms with Gasteiger partial charge in [-0.2, -0.15) is 5.10 Å². The van der Waals surface area contributed by atoms with E-state index in [1.807, 2.05) is 49.4 Å². The van der Waals surface area contributed by atoms with E-state index in [4.69, 9.17) is 11.6 Å². The van der Waals surface area contributed by atoms with Crippen LogP contribution < -0.4 is 4.90 Å². The van der Waals surface area contributed by atoms with Gasteiger partial charge in [-0.3, -0.25) is 19.8 Å². The van der Waals surface area contributed by atoms with E-state index in [1.54, 1.807) is 17.3 Å². The molecule has 0 saturated carbocycles. The summed E-state index contributed by atoms with van der Waals surface area (Å²) in [7, 11) is 0. The molecular weight excluding hydrogens is 348 g/mol. The molecule has 0 aliphatic carbocycles. The summed E-state index contributed by atoms with van der Waals surface area (Å²) in [6.45, 7) is 2.80. The van der Waals surface area contributed by atoms with Crippen LogP contribution in [0.15, 0.2) is 54.9 Å². The molecule has 134 valence electrons. The Kier molecular flexibility index (Phi) is 6.02. The Morgan fingerprint density at radius 3 is 2.46 bits per heavy atom. The van der Waals surface area contributed by atoms with Gasteiger partial charge in [0, 0.05) is 42.0 Å². The fraction of sp³-hybridized carbons (Fsp3) is 0.250. The molecule has 1 amide bonds. The quantitative estimate of drug-likeness (QED) is 0.716. The molecular formula is C20H21ClN4O. The number of halogens is 1. The first kappa shape index (κ1) is 18.1. The monoisotopic (exact) mass is 368 g/mol. The fourth-order valence-corrected chi connectivity index (χ4v) is 2.84. The predicted octanol–water partition coefficient (Wildman–Crippen LogP) is 4.64. The van der Waals surface area contributed by atoms with Crippen LogP contribution in [0.4, 0.5) is 5.82 Å². The zero-order valence-electron chi connectivity index (χ0n) is 14.7. The number of hydrogen-bond acceptors (Lipinski definition) is 3. The van der Waals surface area contributed by atoms with Crippen LogP contribution in [0, 0.1) is 6.92 Å². The van der Waals surface area contributed by atoms with Crippen molar-refractivity contribution in [3.8, 4) is 11.3 Å². The number of aryl methyl sites for hydroxylation is 1. The Bertz CT molecular complexity index is 825. The first-order chi connectivity index (χ1) is 12.6. The van der Waals surface area contributed by atoms with Gasteiger partial charge in [-0.25, -0.2) is 0 Å². The number of anilines is 1. The van der Waals surface area contributed by atoms with Crippen LogP contribution in [0.25, 0.3) is 11.3 Å². The van der Waals surface area contributed by atoms with Crippen LogP contribution in [-0.2, 0) is 4.79 Å². The first-order valence-electron chi connectivity index (χ1n) is 8.62. The number of H-pyrrole nitrogens is 1. The minimum Gasteiger partial charge on any atom is -0.295 e. The fourth-order valence-electron chi connectivity index (χ4n) is 2.71.